The number of likely N-dealkylation sites (N-methyl/N-ethyl adjacent to an activating group) is 1. The molecule has 2 rings (SSSR count). The molecule has 2 unspecified atom stereocenters. The first-order chi connectivity index (χ1) is 8.47. The van der Waals surface area contributed by atoms with Gasteiger partial charge in [-0.3, -0.25) is 0 Å². The fourth-order valence-electron chi connectivity index (χ4n) is 2.55. The summed E-state index contributed by atoms with van der Waals surface area (Å²) in [5.74, 6) is 0. The van der Waals surface area contributed by atoms with Gasteiger partial charge in [-0.2, -0.15) is 0 Å². The molecule has 4 nitrogen and oxygen atoms in total. The Balaban J connectivity index is 2.26. The molecule has 1 aromatic rings. The summed E-state index contributed by atoms with van der Waals surface area (Å²) in [4.78, 5) is 4.28. The molecule has 18 heavy (non-hydrogen) atoms. The second kappa shape index (κ2) is 5.34. The summed E-state index contributed by atoms with van der Waals surface area (Å²) in [6, 6.07) is 5.75. The van der Waals surface area contributed by atoms with Gasteiger partial charge in [0.25, 0.3) is 0 Å². The summed E-state index contributed by atoms with van der Waals surface area (Å²) in [5.41, 5.74) is 7.64. The Morgan fingerprint density at radius 3 is 2.89 bits per heavy atom. The molecule has 0 amide bonds. The summed E-state index contributed by atoms with van der Waals surface area (Å²) in [7, 11) is 4.06. The Morgan fingerprint density at radius 2 is 2.22 bits per heavy atom. The van der Waals surface area contributed by atoms with E-state index < -0.39 is 0 Å². The fraction of sp³-hybridized carbons (Fsp3) is 0.538. The van der Waals surface area contributed by atoms with Crippen molar-refractivity contribution in [3.63, 3.8) is 0 Å². The number of anilines is 2. The Hall–Kier alpha value is -0.970. The molecule has 0 bridgehead atoms. The summed E-state index contributed by atoms with van der Waals surface area (Å²) in [6.07, 6.45) is 0.470. The number of hydrogen-bond acceptors (Lipinski definition) is 4. The second-order valence-electron chi connectivity index (χ2n) is 5.16. The number of hydrogen-bond donors (Lipinski definition) is 2. The molecule has 0 saturated carbocycles. The Kier molecular flexibility index (Phi) is 4.00. The number of rotatable bonds is 3. The molecule has 100 valence electrons. The zero-order valence-corrected chi connectivity index (χ0v) is 11.6. The smallest absolute Gasteiger partial charge is 0.0735 e. The summed E-state index contributed by atoms with van der Waals surface area (Å²) in [6.45, 7) is 1.51. The highest BCUT2D eigenvalue weighted by Crippen LogP contribution is 2.32. The number of nitrogens with two attached hydrogens (primary N) is 1. The maximum Gasteiger partial charge on any atom is 0.0735 e. The predicted octanol–water partition coefficient (Wildman–Crippen LogP) is 1.42. The minimum absolute atomic E-state index is 0.274. The number of β-amino-alcohol motifs (C(OH)–C–C–N with tert-alkyl or cyclic N) is 1. The zero-order chi connectivity index (χ0) is 13.3. The van der Waals surface area contributed by atoms with Crippen LogP contribution in [0.4, 0.5) is 11.4 Å². The van der Waals surface area contributed by atoms with Crippen molar-refractivity contribution in [3.05, 3.63) is 23.2 Å². The van der Waals surface area contributed by atoms with Crippen LogP contribution < -0.4 is 10.6 Å². The number of nitrogens with zero attached hydrogens (tertiary/aromatic N) is 2. The Morgan fingerprint density at radius 1 is 1.50 bits per heavy atom. The molecule has 1 fully saturated rings. The zero-order valence-electron chi connectivity index (χ0n) is 10.8. The van der Waals surface area contributed by atoms with Crippen LogP contribution in [0, 0.1) is 0 Å². The lowest BCUT2D eigenvalue weighted by Crippen LogP contribution is -2.37. The van der Waals surface area contributed by atoms with E-state index in [1.165, 1.54) is 0 Å². The van der Waals surface area contributed by atoms with Gasteiger partial charge in [0, 0.05) is 24.2 Å². The third kappa shape index (κ3) is 2.88. The highest BCUT2D eigenvalue weighted by atomic mass is 35.5. The van der Waals surface area contributed by atoms with Crippen LogP contribution in [0.15, 0.2) is 18.2 Å². The van der Waals surface area contributed by atoms with Crippen LogP contribution in [0.25, 0.3) is 0 Å². The van der Waals surface area contributed by atoms with E-state index in [1.54, 1.807) is 6.07 Å². The molecule has 3 N–H and O–H groups in total. The number of nitrogen functional groups attached to an aromatic ring is 1. The van der Waals surface area contributed by atoms with Crippen LogP contribution in [-0.4, -0.2) is 49.3 Å². The summed E-state index contributed by atoms with van der Waals surface area (Å²) in [5, 5.41) is 10.5. The molecule has 1 aromatic carbocycles. The molecular weight excluding hydrogens is 250 g/mol. The summed E-state index contributed by atoms with van der Waals surface area (Å²) >= 11 is 6.03. The van der Waals surface area contributed by atoms with Crippen LogP contribution in [0.1, 0.15) is 6.42 Å². The van der Waals surface area contributed by atoms with E-state index in [0.717, 1.165) is 18.7 Å². The molecule has 0 aromatic heterocycles. The first-order valence-corrected chi connectivity index (χ1v) is 6.49. The van der Waals surface area contributed by atoms with Crippen LogP contribution in [0.3, 0.4) is 0 Å². The maximum atomic E-state index is 9.87. The third-order valence-electron chi connectivity index (χ3n) is 3.27. The van der Waals surface area contributed by atoms with Gasteiger partial charge >= 0.3 is 0 Å². The van der Waals surface area contributed by atoms with E-state index >= 15 is 0 Å². The maximum absolute atomic E-state index is 9.87. The van der Waals surface area contributed by atoms with Gasteiger partial charge in [-0.1, -0.05) is 11.6 Å². The lowest BCUT2D eigenvalue weighted by molar-refractivity contribution is 0.191. The van der Waals surface area contributed by atoms with Crippen LogP contribution in [0.5, 0.6) is 0 Å². The Bertz CT molecular complexity index is 425. The van der Waals surface area contributed by atoms with E-state index in [0.29, 0.717) is 17.3 Å². The number of aliphatic hydroxyl groups is 1. The fourth-order valence-corrected chi connectivity index (χ4v) is 2.71. The molecule has 1 aliphatic heterocycles. The molecule has 0 radical (unpaired) electrons. The van der Waals surface area contributed by atoms with Crippen molar-refractivity contribution in [1.82, 2.24) is 4.90 Å². The molecule has 1 heterocycles. The van der Waals surface area contributed by atoms with Gasteiger partial charge in [-0.05, 0) is 38.7 Å². The SMILES string of the molecule is CN(C)CC1CC(O)CN1c1cc(Cl)ccc1N. The Labute approximate surface area is 113 Å². The van der Waals surface area contributed by atoms with Gasteiger partial charge in [0.2, 0.25) is 0 Å². The lowest BCUT2D eigenvalue weighted by atomic mass is 10.1. The summed E-state index contributed by atoms with van der Waals surface area (Å²) < 4.78 is 0. The van der Waals surface area contributed by atoms with E-state index in [1.807, 2.05) is 26.2 Å². The van der Waals surface area contributed by atoms with E-state index in [-0.39, 0.29) is 12.1 Å². The van der Waals surface area contributed by atoms with Gasteiger partial charge in [0.05, 0.1) is 17.5 Å². The van der Waals surface area contributed by atoms with Crippen molar-refractivity contribution in [2.75, 3.05) is 37.8 Å². The topological polar surface area (TPSA) is 52.7 Å². The van der Waals surface area contributed by atoms with E-state index in [4.69, 9.17) is 17.3 Å². The largest absolute Gasteiger partial charge is 0.397 e. The van der Waals surface area contributed by atoms with Gasteiger partial charge in [-0.25, -0.2) is 0 Å². The van der Waals surface area contributed by atoms with Gasteiger partial charge in [0.1, 0.15) is 0 Å². The molecule has 5 heteroatoms. The van der Waals surface area contributed by atoms with Crippen LogP contribution >= 0.6 is 11.6 Å². The highest BCUT2D eigenvalue weighted by molar-refractivity contribution is 6.31. The van der Waals surface area contributed by atoms with Crippen molar-refractivity contribution < 1.29 is 5.11 Å². The predicted molar refractivity (Wildman–Crippen MR) is 76.2 cm³/mol. The van der Waals surface area contributed by atoms with Crippen LogP contribution in [0.2, 0.25) is 5.02 Å². The number of halogens is 1. The quantitative estimate of drug-likeness (QED) is 0.815. The van der Waals surface area contributed by atoms with Crippen molar-refractivity contribution in [2.45, 2.75) is 18.6 Å². The first-order valence-electron chi connectivity index (χ1n) is 6.12. The second-order valence-corrected chi connectivity index (χ2v) is 5.60. The van der Waals surface area contributed by atoms with Gasteiger partial charge in [0.15, 0.2) is 0 Å². The van der Waals surface area contributed by atoms with E-state index in [2.05, 4.69) is 9.80 Å². The van der Waals surface area contributed by atoms with Gasteiger partial charge < -0.3 is 20.6 Å². The minimum Gasteiger partial charge on any atom is -0.397 e. The van der Waals surface area contributed by atoms with Crippen molar-refractivity contribution in [1.29, 1.82) is 0 Å². The highest BCUT2D eigenvalue weighted by Gasteiger charge is 2.32. The van der Waals surface area contributed by atoms with Crippen molar-refractivity contribution in [2.24, 2.45) is 0 Å². The van der Waals surface area contributed by atoms with Crippen LogP contribution in [-0.2, 0) is 0 Å². The third-order valence-corrected chi connectivity index (χ3v) is 3.51. The average Bonchev–Trinajstić information content (AvgIpc) is 2.62. The van der Waals surface area contributed by atoms with Crippen molar-refractivity contribution in [3.8, 4) is 0 Å². The lowest BCUT2D eigenvalue weighted by Gasteiger charge is -2.29. The number of aliphatic hydroxyl groups excluding tert-OH is 1. The number of benzene rings is 1. The molecule has 0 spiro atoms. The average molecular weight is 270 g/mol. The standard InChI is InChI=1S/C13H20ClN3O/c1-16(2)7-10-6-11(18)8-17(10)13-5-9(14)3-4-12(13)15/h3-5,10-11,18H,6-8,15H2,1-2H3. The normalized spacial score (nSPS) is 23.9. The molecule has 1 aliphatic rings. The molecule has 2 atom stereocenters. The monoisotopic (exact) mass is 269 g/mol. The molecule has 1 saturated heterocycles. The van der Waals surface area contributed by atoms with Crippen molar-refractivity contribution >= 4 is 23.0 Å². The minimum atomic E-state index is -0.298. The van der Waals surface area contributed by atoms with Gasteiger partial charge in [-0.15, -0.1) is 0 Å². The molecule has 0 aliphatic carbocycles. The van der Waals surface area contributed by atoms with E-state index in [9.17, 15) is 5.11 Å². The first kappa shape index (κ1) is 13.5. The molecular formula is C13H20ClN3O.